The van der Waals surface area contributed by atoms with Gasteiger partial charge in [0.2, 0.25) is 11.8 Å². The number of nitro groups is 1. The fourth-order valence-electron chi connectivity index (χ4n) is 3.14. The van der Waals surface area contributed by atoms with Crippen LogP contribution in [0.25, 0.3) is 0 Å². The Morgan fingerprint density at radius 3 is 2.22 bits per heavy atom. The number of rotatable bonds is 11. The van der Waals surface area contributed by atoms with E-state index in [1.54, 1.807) is 29.2 Å². The van der Waals surface area contributed by atoms with E-state index in [0.717, 1.165) is 11.1 Å². The Balaban J connectivity index is 2.10. The molecule has 2 rings (SSSR count). The summed E-state index contributed by atoms with van der Waals surface area (Å²) in [6.45, 7) is 5.96. The van der Waals surface area contributed by atoms with Crippen LogP contribution in [0.1, 0.15) is 38.3 Å². The molecule has 0 bridgehead atoms. The van der Waals surface area contributed by atoms with Crippen molar-refractivity contribution < 1.29 is 14.5 Å². The molecule has 0 aliphatic heterocycles. The van der Waals surface area contributed by atoms with Crippen LogP contribution in [0.15, 0.2) is 48.5 Å². The molecule has 2 aromatic carbocycles. The first-order chi connectivity index (χ1) is 15.2. The number of hydrogen-bond acceptors (Lipinski definition) is 5. The van der Waals surface area contributed by atoms with Gasteiger partial charge < -0.3 is 10.2 Å². The van der Waals surface area contributed by atoms with Crippen LogP contribution in [-0.2, 0) is 21.9 Å². The molecule has 0 spiro atoms. The predicted octanol–water partition coefficient (Wildman–Crippen LogP) is 4.81. The highest BCUT2D eigenvalue weighted by Gasteiger charge is 2.28. The summed E-state index contributed by atoms with van der Waals surface area (Å²) in [5.74, 6) is 0.409. The lowest BCUT2D eigenvalue weighted by Crippen LogP contribution is -2.50. The minimum atomic E-state index is -0.583. The van der Waals surface area contributed by atoms with Gasteiger partial charge >= 0.3 is 0 Å². The maximum Gasteiger partial charge on any atom is 0.269 e. The highest BCUT2D eigenvalue weighted by molar-refractivity contribution is 7.99. The highest BCUT2D eigenvalue weighted by Crippen LogP contribution is 2.20. The third-order valence-electron chi connectivity index (χ3n) is 4.72. The van der Waals surface area contributed by atoms with Crippen LogP contribution < -0.4 is 5.32 Å². The smallest absolute Gasteiger partial charge is 0.269 e. The molecule has 0 radical (unpaired) electrons. The van der Waals surface area contributed by atoms with Crippen molar-refractivity contribution in [2.45, 2.75) is 51.6 Å². The Kier molecular flexibility index (Phi) is 9.99. The zero-order chi connectivity index (χ0) is 23.7. The average Bonchev–Trinajstić information content (AvgIpc) is 2.74. The lowest BCUT2D eigenvalue weighted by molar-refractivity contribution is -0.384. The molecule has 0 heterocycles. The second-order valence-corrected chi connectivity index (χ2v) is 9.07. The first kappa shape index (κ1) is 25.7. The second kappa shape index (κ2) is 12.5. The zero-order valence-corrected chi connectivity index (χ0v) is 20.0. The number of amides is 2. The fraction of sp³-hybridized carbons (Fsp3) is 0.391. The Morgan fingerprint density at radius 2 is 1.69 bits per heavy atom. The molecule has 2 aromatic rings. The van der Waals surface area contributed by atoms with Crippen LogP contribution in [0.5, 0.6) is 0 Å². The van der Waals surface area contributed by atoms with Crippen molar-refractivity contribution in [2.24, 2.45) is 0 Å². The summed E-state index contributed by atoms with van der Waals surface area (Å²) in [7, 11) is 0. The maximum atomic E-state index is 13.1. The van der Waals surface area contributed by atoms with E-state index >= 15 is 0 Å². The molecule has 1 N–H and O–H groups in total. The first-order valence-corrected chi connectivity index (χ1v) is 11.9. The van der Waals surface area contributed by atoms with Crippen LogP contribution >= 0.6 is 23.4 Å². The minimum absolute atomic E-state index is 0.0273. The number of carbonyl (C=O) groups excluding carboxylic acids is 2. The molecule has 0 aliphatic carbocycles. The van der Waals surface area contributed by atoms with Crippen molar-refractivity contribution in [1.82, 2.24) is 10.2 Å². The van der Waals surface area contributed by atoms with Crippen molar-refractivity contribution in [2.75, 3.05) is 5.75 Å². The van der Waals surface area contributed by atoms with Crippen LogP contribution in [0.3, 0.4) is 0 Å². The standard InChI is InChI=1S/C23H28ClN3O4S/c1-4-21(23(29)25-16(2)3)26(13-17-5-9-19(24)10-6-17)22(28)15-32-14-18-7-11-20(12-8-18)27(30)31/h5-12,16,21H,4,13-15H2,1-3H3,(H,25,29)/t21-/m1/s1. The van der Waals surface area contributed by atoms with Crippen LogP contribution in [0, 0.1) is 10.1 Å². The summed E-state index contributed by atoms with van der Waals surface area (Å²) in [5.41, 5.74) is 1.81. The van der Waals surface area contributed by atoms with Crippen molar-refractivity contribution in [1.29, 1.82) is 0 Å². The Morgan fingerprint density at radius 1 is 1.09 bits per heavy atom. The van der Waals surface area contributed by atoms with Gasteiger partial charge in [0.25, 0.3) is 5.69 Å². The summed E-state index contributed by atoms with van der Waals surface area (Å²) < 4.78 is 0. The van der Waals surface area contributed by atoms with Gasteiger partial charge in [-0.05, 0) is 43.5 Å². The van der Waals surface area contributed by atoms with Gasteiger partial charge in [0.1, 0.15) is 6.04 Å². The fourth-order valence-corrected chi connectivity index (χ4v) is 4.14. The van der Waals surface area contributed by atoms with Crippen LogP contribution in [-0.4, -0.2) is 39.5 Å². The monoisotopic (exact) mass is 477 g/mol. The number of nitrogens with zero attached hydrogens (tertiary/aromatic N) is 2. The molecular weight excluding hydrogens is 450 g/mol. The molecule has 0 saturated carbocycles. The number of thioether (sulfide) groups is 1. The van der Waals surface area contributed by atoms with Gasteiger partial charge in [0.15, 0.2) is 0 Å². The molecule has 1 atom stereocenters. The van der Waals surface area contributed by atoms with Gasteiger partial charge in [-0.25, -0.2) is 0 Å². The van der Waals surface area contributed by atoms with E-state index in [4.69, 9.17) is 11.6 Å². The molecule has 0 saturated heterocycles. The number of carbonyl (C=O) groups is 2. The quantitative estimate of drug-likeness (QED) is 0.370. The third-order valence-corrected chi connectivity index (χ3v) is 5.96. The van der Waals surface area contributed by atoms with Gasteiger partial charge in [-0.3, -0.25) is 19.7 Å². The molecule has 0 unspecified atom stereocenters. The van der Waals surface area contributed by atoms with Gasteiger partial charge in [-0.2, -0.15) is 0 Å². The number of non-ortho nitro benzene ring substituents is 1. The van der Waals surface area contributed by atoms with E-state index < -0.39 is 11.0 Å². The summed E-state index contributed by atoms with van der Waals surface area (Å²) in [4.78, 5) is 37.9. The second-order valence-electron chi connectivity index (χ2n) is 7.65. The number of nitro benzene ring substituents is 1. The predicted molar refractivity (Wildman–Crippen MR) is 129 cm³/mol. The van der Waals surface area contributed by atoms with Gasteiger partial charge in [0.05, 0.1) is 10.7 Å². The van der Waals surface area contributed by atoms with E-state index in [9.17, 15) is 19.7 Å². The van der Waals surface area contributed by atoms with E-state index in [2.05, 4.69) is 5.32 Å². The molecule has 0 aliphatic rings. The summed E-state index contributed by atoms with van der Waals surface area (Å²) in [6.07, 6.45) is 0.491. The molecule has 7 nitrogen and oxygen atoms in total. The highest BCUT2D eigenvalue weighted by atomic mass is 35.5. The summed E-state index contributed by atoms with van der Waals surface area (Å²) in [5, 5.41) is 14.3. The lowest BCUT2D eigenvalue weighted by Gasteiger charge is -2.31. The normalized spacial score (nSPS) is 11.8. The minimum Gasteiger partial charge on any atom is -0.352 e. The van der Waals surface area contributed by atoms with E-state index in [1.807, 2.05) is 32.9 Å². The number of hydrogen-bond donors (Lipinski definition) is 1. The Bertz CT molecular complexity index is 920. The Hall–Kier alpha value is -2.58. The van der Waals surface area contributed by atoms with Gasteiger partial charge in [0, 0.05) is 35.5 Å². The van der Waals surface area contributed by atoms with E-state index in [-0.39, 0.29) is 29.3 Å². The first-order valence-electron chi connectivity index (χ1n) is 10.4. The lowest BCUT2D eigenvalue weighted by atomic mass is 10.1. The molecule has 0 aromatic heterocycles. The summed E-state index contributed by atoms with van der Waals surface area (Å²) >= 11 is 7.39. The Labute approximate surface area is 197 Å². The van der Waals surface area contributed by atoms with E-state index in [1.165, 1.54) is 23.9 Å². The van der Waals surface area contributed by atoms with Crippen molar-refractivity contribution in [3.05, 3.63) is 74.8 Å². The van der Waals surface area contributed by atoms with Crippen molar-refractivity contribution >= 4 is 40.9 Å². The molecular formula is C23H28ClN3O4S. The molecule has 172 valence electrons. The van der Waals surface area contributed by atoms with E-state index in [0.29, 0.717) is 23.7 Å². The summed E-state index contributed by atoms with van der Waals surface area (Å²) in [6, 6.07) is 12.9. The van der Waals surface area contributed by atoms with Crippen molar-refractivity contribution in [3.63, 3.8) is 0 Å². The maximum absolute atomic E-state index is 13.1. The number of benzene rings is 2. The SMILES string of the molecule is CC[C@H](C(=O)NC(C)C)N(Cc1ccc(Cl)cc1)C(=O)CSCc1ccc([N+](=O)[O-])cc1. The number of nitrogens with one attached hydrogen (secondary N) is 1. The average molecular weight is 478 g/mol. The van der Waals surface area contributed by atoms with Crippen LogP contribution in [0.2, 0.25) is 5.02 Å². The van der Waals surface area contributed by atoms with Gasteiger partial charge in [-0.1, -0.05) is 42.8 Å². The molecule has 0 fully saturated rings. The van der Waals surface area contributed by atoms with Crippen LogP contribution in [0.4, 0.5) is 5.69 Å². The third kappa shape index (κ3) is 7.84. The zero-order valence-electron chi connectivity index (χ0n) is 18.4. The molecule has 2 amide bonds. The van der Waals surface area contributed by atoms with Crippen molar-refractivity contribution in [3.8, 4) is 0 Å². The van der Waals surface area contributed by atoms with Gasteiger partial charge in [-0.15, -0.1) is 11.8 Å². The topological polar surface area (TPSA) is 92.6 Å². The number of halogens is 1. The largest absolute Gasteiger partial charge is 0.352 e. The molecule has 32 heavy (non-hydrogen) atoms. The molecule has 9 heteroatoms.